The quantitative estimate of drug-likeness (QED) is 0.583. The van der Waals surface area contributed by atoms with Gasteiger partial charge in [0.25, 0.3) is 0 Å². The first-order valence-corrected chi connectivity index (χ1v) is 5.33. The fraction of sp³-hybridized carbons (Fsp3) is 0. The fourth-order valence-electron chi connectivity index (χ4n) is 1.14. The van der Waals surface area contributed by atoms with E-state index in [4.69, 9.17) is 6.42 Å². The molecule has 1 aromatic heterocycles. The van der Waals surface area contributed by atoms with Crippen LogP contribution in [-0.2, 0) is 0 Å². The van der Waals surface area contributed by atoms with Crippen LogP contribution in [0.4, 0.5) is 0 Å². The first-order chi connectivity index (χ1) is 7.38. The van der Waals surface area contributed by atoms with Crippen LogP contribution in [0, 0.1) is 24.2 Å². The third kappa shape index (κ3) is 2.50. The number of hydrogen-bond acceptors (Lipinski definition) is 1. The minimum atomic E-state index is 0.923. The molecule has 0 unspecified atom stereocenters. The largest absolute Gasteiger partial charge is 0.118 e. The van der Waals surface area contributed by atoms with E-state index < -0.39 is 0 Å². The Morgan fingerprint density at radius 3 is 2.27 bits per heavy atom. The zero-order valence-electron chi connectivity index (χ0n) is 8.03. The molecule has 0 aliphatic carbocycles. The molecule has 0 saturated heterocycles. The van der Waals surface area contributed by atoms with Crippen LogP contribution in [0.1, 0.15) is 15.3 Å². The van der Waals surface area contributed by atoms with Gasteiger partial charge in [0.05, 0.1) is 9.75 Å². The molecule has 0 fully saturated rings. The topological polar surface area (TPSA) is 0 Å². The van der Waals surface area contributed by atoms with Crippen LogP contribution >= 0.6 is 11.3 Å². The molecule has 0 N–H and O–H groups in total. The minimum absolute atomic E-state index is 0.923. The molecule has 0 aliphatic rings. The molecule has 0 aliphatic heterocycles. The van der Waals surface area contributed by atoms with Crippen molar-refractivity contribution in [3.8, 4) is 24.2 Å². The molecule has 0 amide bonds. The summed E-state index contributed by atoms with van der Waals surface area (Å²) in [6, 6.07) is 13.8. The van der Waals surface area contributed by atoms with Crippen LogP contribution in [0.25, 0.3) is 0 Å². The van der Waals surface area contributed by atoms with Crippen molar-refractivity contribution in [3.63, 3.8) is 0 Å². The summed E-state index contributed by atoms with van der Waals surface area (Å²) in [6.07, 6.45) is 5.28. The molecule has 2 aromatic rings. The van der Waals surface area contributed by atoms with Crippen LogP contribution in [0.3, 0.4) is 0 Å². The van der Waals surface area contributed by atoms with Gasteiger partial charge < -0.3 is 0 Å². The van der Waals surface area contributed by atoms with E-state index >= 15 is 0 Å². The summed E-state index contributed by atoms with van der Waals surface area (Å²) < 4.78 is 0. The first kappa shape index (κ1) is 9.59. The summed E-state index contributed by atoms with van der Waals surface area (Å²) in [5.41, 5.74) is 1.02. The Morgan fingerprint density at radius 1 is 0.867 bits per heavy atom. The average Bonchev–Trinajstić information content (AvgIpc) is 2.76. The molecule has 1 heteroatoms. The Labute approximate surface area is 93.6 Å². The maximum atomic E-state index is 5.28. The van der Waals surface area contributed by atoms with Gasteiger partial charge in [-0.15, -0.1) is 17.8 Å². The molecular weight excluding hydrogens is 200 g/mol. The lowest BCUT2D eigenvalue weighted by atomic mass is 10.2. The monoisotopic (exact) mass is 208 g/mol. The molecule has 2 rings (SSSR count). The van der Waals surface area contributed by atoms with Crippen LogP contribution in [-0.4, -0.2) is 0 Å². The summed E-state index contributed by atoms with van der Waals surface area (Å²) in [5.74, 6) is 8.78. The molecule has 0 nitrogen and oxygen atoms in total. The summed E-state index contributed by atoms with van der Waals surface area (Å²) >= 11 is 1.54. The van der Waals surface area contributed by atoms with Crippen LogP contribution < -0.4 is 0 Å². The van der Waals surface area contributed by atoms with Crippen LogP contribution in [0.2, 0.25) is 0 Å². The standard InChI is InChI=1S/C14H8S/c1-2-13-10-11-14(15-13)9-8-12-6-4-3-5-7-12/h1,3-7,10-11H. The van der Waals surface area contributed by atoms with Crippen molar-refractivity contribution in [2.75, 3.05) is 0 Å². The van der Waals surface area contributed by atoms with E-state index in [1.807, 2.05) is 42.5 Å². The van der Waals surface area contributed by atoms with Gasteiger partial charge in [0.2, 0.25) is 0 Å². The van der Waals surface area contributed by atoms with Gasteiger partial charge in [-0.25, -0.2) is 0 Å². The summed E-state index contributed by atoms with van der Waals surface area (Å²) in [7, 11) is 0. The zero-order chi connectivity index (χ0) is 10.5. The molecule has 1 heterocycles. The molecule has 15 heavy (non-hydrogen) atoms. The predicted octanol–water partition coefficient (Wildman–Crippen LogP) is 3.13. The SMILES string of the molecule is C#Cc1ccc(C#Cc2ccccc2)s1. The number of benzene rings is 1. The van der Waals surface area contributed by atoms with Gasteiger partial charge in [-0.2, -0.15) is 0 Å². The molecule has 0 radical (unpaired) electrons. The maximum absolute atomic E-state index is 5.28. The highest BCUT2D eigenvalue weighted by Crippen LogP contribution is 2.13. The molecular formula is C14H8S. The lowest BCUT2D eigenvalue weighted by Crippen LogP contribution is -1.70. The highest BCUT2D eigenvalue weighted by Gasteiger charge is 1.92. The molecule has 1 aromatic carbocycles. The maximum Gasteiger partial charge on any atom is 0.0785 e. The average molecular weight is 208 g/mol. The van der Waals surface area contributed by atoms with Crippen molar-refractivity contribution >= 4 is 11.3 Å². The highest BCUT2D eigenvalue weighted by atomic mass is 32.1. The molecule has 0 bridgehead atoms. The Bertz CT molecular complexity index is 544. The van der Waals surface area contributed by atoms with Crippen molar-refractivity contribution in [2.45, 2.75) is 0 Å². The van der Waals surface area contributed by atoms with E-state index in [0.717, 1.165) is 15.3 Å². The molecule has 0 atom stereocenters. The van der Waals surface area contributed by atoms with Crippen molar-refractivity contribution in [3.05, 3.63) is 57.8 Å². The Kier molecular flexibility index (Phi) is 2.88. The summed E-state index contributed by atoms with van der Waals surface area (Å²) in [4.78, 5) is 1.93. The molecule has 0 spiro atoms. The van der Waals surface area contributed by atoms with Gasteiger partial charge in [0.15, 0.2) is 0 Å². The number of terminal acetylenes is 1. The van der Waals surface area contributed by atoms with E-state index in [9.17, 15) is 0 Å². The van der Waals surface area contributed by atoms with Crippen molar-refractivity contribution in [1.29, 1.82) is 0 Å². The second-order valence-electron chi connectivity index (χ2n) is 2.92. The second kappa shape index (κ2) is 4.51. The van der Waals surface area contributed by atoms with E-state index in [2.05, 4.69) is 17.8 Å². The van der Waals surface area contributed by atoms with Crippen LogP contribution in [0.5, 0.6) is 0 Å². The van der Waals surface area contributed by atoms with Gasteiger partial charge in [0.1, 0.15) is 0 Å². The summed E-state index contributed by atoms with van der Waals surface area (Å²) in [6.45, 7) is 0. The van der Waals surface area contributed by atoms with Gasteiger partial charge >= 0.3 is 0 Å². The van der Waals surface area contributed by atoms with Gasteiger partial charge in [-0.05, 0) is 24.3 Å². The van der Waals surface area contributed by atoms with Crippen molar-refractivity contribution < 1.29 is 0 Å². The third-order valence-electron chi connectivity index (χ3n) is 1.85. The molecule has 70 valence electrons. The number of hydrogen-bond donors (Lipinski definition) is 0. The Hall–Kier alpha value is -1.96. The predicted molar refractivity (Wildman–Crippen MR) is 64.7 cm³/mol. The number of thiophene rings is 1. The highest BCUT2D eigenvalue weighted by molar-refractivity contribution is 7.13. The van der Waals surface area contributed by atoms with Crippen molar-refractivity contribution in [1.82, 2.24) is 0 Å². The van der Waals surface area contributed by atoms with E-state index in [1.54, 1.807) is 11.3 Å². The fourth-order valence-corrected chi connectivity index (χ4v) is 1.81. The Morgan fingerprint density at radius 2 is 1.60 bits per heavy atom. The van der Waals surface area contributed by atoms with Crippen LogP contribution in [0.15, 0.2) is 42.5 Å². The van der Waals surface area contributed by atoms with Gasteiger partial charge in [-0.3, -0.25) is 0 Å². The van der Waals surface area contributed by atoms with Crippen molar-refractivity contribution in [2.24, 2.45) is 0 Å². The normalized spacial score (nSPS) is 8.73. The summed E-state index contributed by atoms with van der Waals surface area (Å²) in [5, 5.41) is 0. The first-order valence-electron chi connectivity index (χ1n) is 4.52. The Balaban J connectivity index is 2.23. The lowest BCUT2D eigenvalue weighted by molar-refractivity contribution is 1.65. The second-order valence-corrected chi connectivity index (χ2v) is 4.01. The lowest BCUT2D eigenvalue weighted by Gasteiger charge is -1.85. The third-order valence-corrected chi connectivity index (χ3v) is 2.78. The minimum Gasteiger partial charge on any atom is -0.118 e. The zero-order valence-corrected chi connectivity index (χ0v) is 8.84. The van der Waals surface area contributed by atoms with Gasteiger partial charge in [-0.1, -0.05) is 36.0 Å². The molecule has 0 saturated carbocycles. The smallest absolute Gasteiger partial charge is 0.0785 e. The van der Waals surface area contributed by atoms with Gasteiger partial charge in [0, 0.05) is 5.56 Å². The van der Waals surface area contributed by atoms with E-state index in [1.165, 1.54) is 0 Å². The number of rotatable bonds is 0. The van der Waals surface area contributed by atoms with E-state index in [0.29, 0.717) is 0 Å². The van der Waals surface area contributed by atoms with E-state index in [-0.39, 0.29) is 0 Å².